The predicted molar refractivity (Wildman–Crippen MR) is 131 cm³/mol. The van der Waals surface area contributed by atoms with Crippen molar-refractivity contribution in [2.75, 3.05) is 0 Å². The normalized spacial score (nSPS) is 43.1. The van der Waals surface area contributed by atoms with Crippen LogP contribution in [0.25, 0.3) is 0 Å². The molecular formula is C27H43O7S-. The quantitative estimate of drug-likeness (QED) is 0.299. The number of aliphatic hydroxyl groups is 2. The minimum atomic E-state index is -4.77. The summed E-state index contributed by atoms with van der Waals surface area (Å²) < 4.78 is 38.2. The maximum atomic E-state index is 12.6. The molecule has 4 aliphatic rings. The highest BCUT2D eigenvalue weighted by atomic mass is 32.3. The van der Waals surface area contributed by atoms with Gasteiger partial charge in [-0.3, -0.25) is 8.98 Å². The molecule has 4 rings (SSSR count). The highest BCUT2D eigenvalue weighted by molar-refractivity contribution is 7.80. The van der Waals surface area contributed by atoms with Crippen molar-refractivity contribution < 1.29 is 32.2 Å². The van der Waals surface area contributed by atoms with E-state index < -0.39 is 28.2 Å². The van der Waals surface area contributed by atoms with Crippen LogP contribution in [0, 0.1) is 40.4 Å². The van der Waals surface area contributed by atoms with E-state index in [0.717, 1.165) is 19.3 Å². The van der Waals surface area contributed by atoms with E-state index in [2.05, 4.69) is 19.9 Å². The second-order valence-electron chi connectivity index (χ2n) is 13.1. The summed E-state index contributed by atoms with van der Waals surface area (Å²) in [7, 11) is -4.77. The van der Waals surface area contributed by atoms with Crippen molar-refractivity contribution in [3.63, 3.8) is 0 Å². The number of allylic oxidation sites excluding steroid dienone is 2. The van der Waals surface area contributed by atoms with E-state index in [1.165, 1.54) is 5.57 Å². The number of fused-ring (bicyclic) bond motifs is 5. The SMILES string of the molecule is CC(C)CC(=O)C[C@](C)(O)[C@H]1CC[C@H]2[C@@H]3C[C@H](O)[C@H]4C[C@@H](OS(=O)(=O)[O-])CC[C@]4(C)C3=CC[C@@]21C. The fourth-order valence-electron chi connectivity index (χ4n) is 8.86. The molecular weight excluding hydrogens is 468 g/mol. The Morgan fingerprint density at radius 1 is 1.23 bits per heavy atom. The van der Waals surface area contributed by atoms with Crippen molar-refractivity contribution in [2.24, 2.45) is 40.4 Å². The van der Waals surface area contributed by atoms with Crippen molar-refractivity contribution in [1.82, 2.24) is 0 Å². The predicted octanol–water partition coefficient (Wildman–Crippen LogP) is 4.14. The van der Waals surface area contributed by atoms with Crippen LogP contribution < -0.4 is 0 Å². The van der Waals surface area contributed by atoms with Crippen molar-refractivity contribution in [3.05, 3.63) is 11.6 Å². The number of rotatable bonds is 7. The summed E-state index contributed by atoms with van der Waals surface area (Å²) in [6, 6.07) is 0. The molecule has 35 heavy (non-hydrogen) atoms. The van der Waals surface area contributed by atoms with Gasteiger partial charge in [-0.2, -0.15) is 0 Å². The van der Waals surface area contributed by atoms with Crippen molar-refractivity contribution >= 4 is 16.2 Å². The lowest BCUT2D eigenvalue weighted by atomic mass is 9.47. The van der Waals surface area contributed by atoms with Crippen LogP contribution in [0.5, 0.6) is 0 Å². The molecule has 8 heteroatoms. The fraction of sp³-hybridized carbons (Fsp3) is 0.889. The van der Waals surface area contributed by atoms with Gasteiger partial charge >= 0.3 is 0 Å². The Morgan fingerprint density at radius 3 is 2.54 bits per heavy atom. The Labute approximate surface area is 210 Å². The number of carbonyl (C=O) groups excluding carboxylic acids is 1. The van der Waals surface area contributed by atoms with Crippen molar-refractivity contribution in [1.29, 1.82) is 0 Å². The van der Waals surface area contributed by atoms with Crippen molar-refractivity contribution in [2.45, 2.75) is 110 Å². The summed E-state index contributed by atoms with van der Waals surface area (Å²) in [6.07, 6.45) is 6.50. The van der Waals surface area contributed by atoms with E-state index in [1.54, 1.807) is 0 Å². The number of hydrogen-bond acceptors (Lipinski definition) is 7. The lowest BCUT2D eigenvalue weighted by Crippen LogP contribution is -2.55. The van der Waals surface area contributed by atoms with Crippen molar-refractivity contribution in [3.8, 4) is 0 Å². The van der Waals surface area contributed by atoms with E-state index in [9.17, 15) is 28.0 Å². The van der Waals surface area contributed by atoms with Gasteiger partial charge in [-0.25, -0.2) is 8.42 Å². The molecule has 7 nitrogen and oxygen atoms in total. The third kappa shape index (κ3) is 5.02. The Balaban J connectivity index is 1.57. The number of hydrogen-bond donors (Lipinski definition) is 2. The van der Waals surface area contributed by atoms with E-state index >= 15 is 0 Å². The molecule has 0 heterocycles. The largest absolute Gasteiger partial charge is 0.726 e. The molecule has 2 N–H and O–H groups in total. The van der Waals surface area contributed by atoms with Crippen LogP contribution in [0.15, 0.2) is 11.6 Å². The molecule has 3 saturated carbocycles. The lowest BCUT2D eigenvalue weighted by molar-refractivity contribution is -0.131. The van der Waals surface area contributed by atoms with Crippen LogP contribution in [0.4, 0.5) is 0 Å². The summed E-state index contributed by atoms with van der Waals surface area (Å²) in [5.41, 5.74) is -0.103. The number of aliphatic hydroxyl groups excluding tert-OH is 1. The van der Waals surface area contributed by atoms with E-state index in [-0.39, 0.29) is 46.7 Å². The monoisotopic (exact) mass is 511 g/mol. The molecule has 4 aliphatic carbocycles. The summed E-state index contributed by atoms with van der Waals surface area (Å²) >= 11 is 0. The van der Waals surface area contributed by atoms with Crippen LogP contribution in [-0.2, 0) is 19.4 Å². The molecule has 0 aromatic heterocycles. The van der Waals surface area contributed by atoms with E-state index in [4.69, 9.17) is 4.18 Å². The number of ketones is 1. The van der Waals surface area contributed by atoms with Gasteiger partial charge in [0.15, 0.2) is 0 Å². The van der Waals surface area contributed by atoms with Gasteiger partial charge in [0.25, 0.3) is 0 Å². The highest BCUT2D eigenvalue weighted by Crippen LogP contribution is 2.67. The topological polar surface area (TPSA) is 124 Å². The van der Waals surface area contributed by atoms with Gasteiger partial charge in [0.2, 0.25) is 10.4 Å². The summed E-state index contributed by atoms with van der Waals surface area (Å²) in [6.45, 7) is 10.3. The standard InChI is InChI=1S/C27H44O7S/c1-16(2)12-17(28)15-27(5,30)24-7-6-20-19-14-23(29)22-13-18(34-35(31,32)33)8-10-25(22,3)21(19)9-11-26(20,24)4/h9,16,18-20,22-24,29-30H,6-8,10-15H2,1-5H3,(H,31,32,33)/p-1/t18-,19-,20-,22+,23-,24-,25+,26-,27-/m0/s1. The Kier molecular flexibility index (Phi) is 7.15. The molecule has 0 amide bonds. The minimum absolute atomic E-state index is 0.0166. The number of carbonyl (C=O) groups is 1. The molecule has 0 aliphatic heterocycles. The molecule has 0 aromatic rings. The van der Waals surface area contributed by atoms with Gasteiger partial charge < -0.3 is 14.8 Å². The first-order valence-electron chi connectivity index (χ1n) is 13.3. The molecule has 0 radical (unpaired) electrons. The zero-order valence-corrected chi connectivity index (χ0v) is 22.6. The summed E-state index contributed by atoms with van der Waals surface area (Å²) in [5, 5.41) is 22.8. The third-order valence-corrected chi connectivity index (χ3v) is 10.7. The van der Waals surface area contributed by atoms with Gasteiger partial charge in [-0.1, -0.05) is 39.3 Å². The zero-order chi connectivity index (χ0) is 26.0. The van der Waals surface area contributed by atoms with E-state index in [1.807, 2.05) is 20.8 Å². The van der Waals surface area contributed by atoms with Gasteiger partial charge in [-0.05, 0) is 92.3 Å². The lowest BCUT2D eigenvalue weighted by Gasteiger charge is -2.59. The minimum Gasteiger partial charge on any atom is -0.726 e. The fourth-order valence-corrected chi connectivity index (χ4v) is 9.37. The first kappa shape index (κ1) is 27.2. The Hall–Kier alpha value is -0.800. The zero-order valence-electron chi connectivity index (χ0n) is 21.8. The third-order valence-electron chi connectivity index (χ3n) is 10.2. The van der Waals surface area contributed by atoms with Gasteiger partial charge in [-0.15, -0.1) is 0 Å². The summed E-state index contributed by atoms with van der Waals surface area (Å²) in [4.78, 5) is 12.6. The van der Waals surface area contributed by atoms with Gasteiger partial charge in [0, 0.05) is 12.8 Å². The molecule has 0 bridgehead atoms. The van der Waals surface area contributed by atoms with Crippen LogP contribution in [0.1, 0.15) is 92.4 Å². The molecule has 3 fully saturated rings. The second kappa shape index (κ2) is 9.19. The summed E-state index contributed by atoms with van der Waals surface area (Å²) in [5.74, 6) is 0.788. The molecule has 9 atom stereocenters. The van der Waals surface area contributed by atoms with Gasteiger partial charge in [0.1, 0.15) is 5.78 Å². The molecule has 0 spiro atoms. The smallest absolute Gasteiger partial charge is 0.217 e. The molecule has 0 saturated heterocycles. The number of Topliss-reactive ketones (excluding diaryl/α,β-unsaturated/α-hetero) is 1. The van der Waals surface area contributed by atoms with Crippen LogP contribution in [0.3, 0.4) is 0 Å². The Bertz CT molecular complexity index is 970. The molecule has 200 valence electrons. The highest BCUT2D eigenvalue weighted by Gasteiger charge is 2.61. The van der Waals surface area contributed by atoms with Crippen LogP contribution in [-0.4, -0.2) is 46.8 Å². The Morgan fingerprint density at radius 2 is 1.91 bits per heavy atom. The van der Waals surface area contributed by atoms with Gasteiger partial charge in [0.05, 0.1) is 17.8 Å². The average molecular weight is 512 g/mol. The second-order valence-corrected chi connectivity index (χ2v) is 14.1. The van der Waals surface area contributed by atoms with Crippen LogP contribution >= 0.6 is 0 Å². The maximum absolute atomic E-state index is 12.6. The van der Waals surface area contributed by atoms with E-state index in [0.29, 0.717) is 38.0 Å². The maximum Gasteiger partial charge on any atom is 0.217 e. The van der Waals surface area contributed by atoms with Crippen LogP contribution in [0.2, 0.25) is 0 Å². The first-order valence-corrected chi connectivity index (χ1v) is 14.7. The molecule has 0 aromatic carbocycles. The average Bonchev–Trinajstić information content (AvgIpc) is 3.05. The first-order chi connectivity index (χ1) is 16.1. The molecule has 0 unspecified atom stereocenters.